The monoisotopic (exact) mass is 374 g/mol. The van der Waals surface area contributed by atoms with Crippen LogP contribution in [0.5, 0.6) is 0 Å². The summed E-state index contributed by atoms with van der Waals surface area (Å²) in [5, 5.41) is 0. The molecule has 2 aliphatic rings. The van der Waals surface area contributed by atoms with Crippen LogP contribution in [-0.4, -0.2) is 41.9 Å². The molecule has 0 aliphatic carbocycles. The lowest BCUT2D eigenvalue weighted by atomic mass is 9.98. The van der Waals surface area contributed by atoms with E-state index in [2.05, 4.69) is 4.90 Å². The molecule has 4 nitrogen and oxygen atoms in total. The number of carbonyl (C=O) groups is 1. The highest BCUT2D eigenvalue weighted by molar-refractivity contribution is 5.91. The van der Waals surface area contributed by atoms with Gasteiger partial charge in [0, 0.05) is 19.2 Å². The van der Waals surface area contributed by atoms with E-state index >= 15 is 0 Å². The second kappa shape index (κ2) is 7.80. The van der Waals surface area contributed by atoms with Crippen molar-refractivity contribution in [1.29, 1.82) is 0 Å². The molecule has 4 rings (SSSR count). The lowest BCUT2D eigenvalue weighted by Gasteiger charge is -2.15. The molecule has 1 unspecified atom stereocenters. The van der Waals surface area contributed by atoms with Gasteiger partial charge in [-0.25, -0.2) is 8.78 Å². The van der Waals surface area contributed by atoms with Crippen molar-refractivity contribution in [2.75, 3.05) is 26.2 Å². The average molecular weight is 374 g/mol. The number of hydrogen-bond acceptors (Lipinski definition) is 3. The molecule has 1 atom stereocenters. The fourth-order valence-corrected chi connectivity index (χ4v) is 4.14. The summed E-state index contributed by atoms with van der Waals surface area (Å²) in [6.45, 7) is 4.14. The first-order valence-electron chi connectivity index (χ1n) is 9.62. The number of rotatable bonds is 5. The Bertz CT molecular complexity index is 794. The Morgan fingerprint density at radius 1 is 1.07 bits per heavy atom. The van der Waals surface area contributed by atoms with Crippen LogP contribution >= 0.6 is 0 Å². The third kappa shape index (κ3) is 4.38. The molecule has 27 heavy (non-hydrogen) atoms. The van der Waals surface area contributed by atoms with E-state index < -0.39 is 11.6 Å². The van der Waals surface area contributed by atoms with Crippen molar-refractivity contribution in [2.24, 2.45) is 5.92 Å². The predicted octanol–water partition coefficient (Wildman–Crippen LogP) is 3.86. The first kappa shape index (κ1) is 18.2. The first-order chi connectivity index (χ1) is 13.1. The number of likely N-dealkylation sites (tertiary alicyclic amines) is 2. The number of hydrogen-bond donors (Lipinski definition) is 0. The minimum atomic E-state index is -0.558. The summed E-state index contributed by atoms with van der Waals surface area (Å²) in [6, 6.07) is 7.25. The summed E-state index contributed by atoms with van der Waals surface area (Å²) in [5.74, 6) is 0.187. The van der Waals surface area contributed by atoms with Gasteiger partial charge in [0.15, 0.2) is 5.76 Å². The fraction of sp³-hybridized carbons (Fsp3) is 0.476. The summed E-state index contributed by atoms with van der Waals surface area (Å²) >= 11 is 0. The van der Waals surface area contributed by atoms with Crippen molar-refractivity contribution >= 4 is 5.91 Å². The number of furan rings is 1. The molecular weight excluding hydrogens is 350 g/mol. The number of carbonyl (C=O) groups excluding carboxylic acids is 1. The Morgan fingerprint density at radius 2 is 1.81 bits per heavy atom. The molecule has 2 aromatic rings. The maximum atomic E-state index is 13.4. The topological polar surface area (TPSA) is 36.7 Å². The summed E-state index contributed by atoms with van der Waals surface area (Å²) in [7, 11) is 0. The summed E-state index contributed by atoms with van der Waals surface area (Å²) in [5.41, 5.74) is 0.637. The summed E-state index contributed by atoms with van der Waals surface area (Å²) < 4.78 is 32.5. The van der Waals surface area contributed by atoms with E-state index in [0.29, 0.717) is 30.8 Å². The molecule has 144 valence electrons. The van der Waals surface area contributed by atoms with E-state index in [4.69, 9.17) is 4.42 Å². The van der Waals surface area contributed by atoms with Crippen LogP contribution in [0.2, 0.25) is 0 Å². The minimum Gasteiger partial charge on any atom is -0.455 e. The molecule has 1 aromatic heterocycles. The smallest absolute Gasteiger partial charge is 0.289 e. The second-order valence-corrected chi connectivity index (χ2v) is 7.64. The summed E-state index contributed by atoms with van der Waals surface area (Å²) in [4.78, 5) is 16.8. The third-order valence-corrected chi connectivity index (χ3v) is 5.47. The lowest BCUT2D eigenvalue weighted by molar-refractivity contribution is 0.0752. The van der Waals surface area contributed by atoms with Gasteiger partial charge >= 0.3 is 0 Å². The van der Waals surface area contributed by atoms with Crippen LogP contribution in [0.25, 0.3) is 0 Å². The van der Waals surface area contributed by atoms with Gasteiger partial charge in [-0.3, -0.25) is 9.69 Å². The van der Waals surface area contributed by atoms with Crippen molar-refractivity contribution in [1.82, 2.24) is 9.80 Å². The molecule has 0 saturated carbocycles. The minimum absolute atomic E-state index is 0.101. The van der Waals surface area contributed by atoms with Crippen LogP contribution in [0, 0.1) is 17.6 Å². The molecular formula is C21H24F2N2O2. The Balaban J connectivity index is 1.34. The Kier molecular flexibility index (Phi) is 5.25. The average Bonchev–Trinajstić information content (AvgIpc) is 3.35. The molecule has 1 aromatic carbocycles. The first-order valence-corrected chi connectivity index (χ1v) is 9.62. The third-order valence-electron chi connectivity index (χ3n) is 5.47. The van der Waals surface area contributed by atoms with E-state index in [1.165, 1.54) is 25.0 Å². The van der Waals surface area contributed by atoms with Crippen LogP contribution < -0.4 is 0 Å². The van der Waals surface area contributed by atoms with E-state index in [-0.39, 0.29) is 11.8 Å². The maximum absolute atomic E-state index is 13.4. The lowest BCUT2D eigenvalue weighted by Crippen LogP contribution is -2.28. The molecule has 2 fully saturated rings. The van der Waals surface area contributed by atoms with E-state index in [9.17, 15) is 13.6 Å². The molecule has 0 N–H and O–H groups in total. The molecule has 2 aliphatic heterocycles. The predicted molar refractivity (Wildman–Crippen MR) is 97.3 cm³/mol. The highest BCUT2D eigenvalue weighted by atomic mass is 19.1. The Morgan fingerprint density at radius 3 is 2.56 bits per heavy atom. The van der Waals surface area contributed by atoms with Gasteiger partial charge in [-0.2, -0.15) is 0 Å². The van der Waals surface area contributed by atoms with Crippen molar-refractivity contribution < 1.29 is 18.0 Å². The van der Waals surface area contributed by atoms with Gasteiger partial charge in [0.25, 0.3) is 5.91 Å². The normalized spacial score (nSPS) is 20.5. The van der Waals surface area contributed by atoms with Gasteiger partial charge in [0.2, 0.25) is 0 Å². The van der Waals surface area contributed by atoms with Gasteiger partial charge in [-0.15, -0.1) is 0 Å². The van der Waals surface area contributed by atoms with Crippen LogP contribution in [0.15, 0.2) is 34.7 Å². The van der Waals surface area contributed by atoms with Crippen LogP contribution in [0.3, 0.4) is 0 Å². The second-order valence-electron chi connectivity index (χ2n) is 7.64. The largest absolute Gasteiger partial charge is 0.455 e. The van der Waals surface area contributed by atoms with Crippen LogP contribution in [0.1, 0.15) is 41.1 Å². The Hall–Kier alpha value is -2.21. The van der Waals surface area contributed by atoms with Crippen LogP contribution in [0.4, 0.5) is 8.78 Å². The summed E-state index contributed by atoms with van der Waals surface area (Å²) in [6.07, 6.45) is 3.83. The Labute approximate surface area is 157 Å². The van der Waals surface area contributed by atoms with Crippen molar-refractivity contribution in [3.8, 4) is 0 Å². The van der Waals surface area contributed by atoms with Gasteiger partial charge < -0.3 is 9.32 Å². The number of halogens is 2. The molecule has 0 bridgehead atoms. The van der Waals surface area contributed by atoms with Crippen LogP contribution in [-0.2, 0) is 13.0 Å². The fourth-order valence-electron chi connectivity index (χ4n) is 4.14. The number of amides is 1. The van der Waals surface area contributed by atoms with E-state index in [1.54, 1.807) is 11.0 Å². The van der Waals surface area contributed by atoms with Gasteiger partial charge in [0.1, 0.15) is 17.4 Å². The van der Waals surface area contributed by atoms with Gasteiger partial charge in [0.05, 0.1) is 6.54 Å². The zero-order valence-corrected chi connectivity index (χ0v) is 15.3. The van der Waals surface area contributed by atoms with Gasteiger partial charge in [-0.1, -0.05) is 0 Å². The van der Waals surface area contributed by atoms with Crippen molar-refractivity contribution in [3.05, 3.63) is 59.1 Å². The highest BCUT2D eigenvalue weighted by Gasteiger charge is 2.29. The van der Waals surface area contributed by atoms with E-state index in [1.807, 2.05) is 6.07 Å². The quantitative estimate of drug-likeness (QED) is 0.798. The maximum Gasteiger partial charge on any atom is 0.289 e. The molecule has 0 spiro atoms. The van der Waals surface area contributed by atoms with E-state index in [0.717, 1.165) is 37.9 Å². The molecule has 0 radical (unpaired) electrons. The van der Waals surface area contributed by atoms with Gasteiger partial charge in [-0.05, 0) is 74.5 Å². The zero-order valence-electron chi connectivity index (χ0n) is 15.3. The molecule has 3 heterocycles. The highest BCUT2D eigenvalue weighted by Crippen LogP contribution is 2.24. The van der Waals surface area contributed by atoms with Crippen molar-refractivity contribution in [3.63, 3.8) is 0 Å². The standard InChI is InChI=1S/C21H24F2N2O2/c22-17-10-16(11-18(23)12-17)9-15-5-8-25(13-15)21(26)20-4-3-19(27-20)14-24-6-1-2-7-24/h3-4,10-12,15H,1-2,5-9,13-14H2. The zero-order chi connectivity index (χ0) is 18.8. The SMILES string of the molecule is O=C(c1ccc(CN2CCCC2)o1)N1CCC(Cc2cc(F)cc(F)c2)C1. The number of benzene rings is 1. The molecule has 1 amide bonds. The molecule has 2 saturated heterocycles. The van der Waals surface area contributed by atoms with Crippen molar-refractivity contribution in [2.45, 2.75) is 32.2 Å². The molecule has 6 heteroatoms. The number of nitrogens with zero attached hydrogens (tertiary/aromatic N) is 2.